The van der Waals surface area contributed by atoms with Gasteiger partial charge in [0.1, 0.15) is 0 Å². The van der Waals surface area contributed by atoms with E-state index in [9.17, 15) is 0 Å². The van der Waals surface area contributed by atoms with Crippen molar-refractivity contribution in [3.8, 4) is 0 Å². The molecule has 0 fully saturated rings. The van der Waals surface area contributed by atoms with Crippen molar-refractivity contribution in [1.29, 1.82) is 0 Å². The topological polar surface area (TPSA) is 132 Å². The summed E-state index contributed by atoms with van der Waals surface area (Å²) in [6.45, 7) is 0. The van der Waals surface area contributed by atoms with Crippen molar-refractivity contribution in [3.05, 3.63) is 30.6 Å². The first kappa shape index (κ1) is 22.7. The molecule has 1 radical (unpaired) electrons. The summed E-state index contributed by atoms with van der Waals surface area (Å²) in [5.41, 5.74) is 0. The molecular formula is HLiMnN2O6. The van der Waals surface area contributed by atoms with Gasteiger partial charge in [0.15, 0.2) is 0 Å². The van der Waals surface area contributed by atoms with Crippen molar-refractivity contribution in [1.82, 2.24) is 0 Å². The summed E-state index contributed by atoms with van der Waals surface area (Å²) < 4.78 is 0. The second kappa shape index (κ2) is 15.8. The van der Waals surface area contributed by atoms with E-state index in [4.69, 9.17) is 30.6 Å². The molecule has 0 spiro atoms. The van der Waals surface area contributed by atoms with Gasteiger partial charge < -0.3 is 32.1 Å². The molecule has 0 aliphatic carbocycles. The molecule has 0 aromatic carbocycles. The minimum atomic E-state index is -1.75. The van der Waals surface area contributed by atoms with E-state index >= 15 is 0 Å². The molecule has 0 aliphatic rings. The summed E-state index contributed by atoms with van der Waals surface area (Å²) >= 11 is 0. The van der Waals surface area contributed by atoms with E-state index in [2.05, 4.69) is 0 Å². The molecule has 0 saturated heterocycles. The first-order valence-corrected chi connectivity index (χ1v) is 1.10. The van der Waals surface area contributed by atoms with Crippen molar-refractivity contribution < 1.29 is 47.5 Å². The fourth-order valence-electron chi connectivity index (χ4n) is 0. The van der Waals surface area contributed by atoms with Gasteiger partial charge >= 0.3 is 35.9 Å². The Hall–Kier alpha value is -0.483. The molecule has 55 valence electrons. The minimum absolute atomic E-state index is 0. The summed E-state index contributed by atoms with van der Waals surface area (Å²) in [5, 5.41) is 29.5. The Morgan fingerprint density at radius 2 is 0.900 bits per heavy atom. The van der Waals surface area contributed by atoms with Crippen LogP contribution in [0.3, 0.4) is 0 Å². The molecule has 10 heteroatoms. The van der Waals surface area contributed by atoms with Crippen molar-refractivity contribution >= 4 is 0 Å². The molecular weight excluding hydrogens is 186 g/mol. The summed E-state index contributed by atoms with van der Waals surface area (Å²) in [4.78, 5) is 16.5. The SMILES string of the molecule is O=[N+]([O-])[O-].O=[N+]([O-])[O-].[H-].[Li+].[Mn+2]. The standard InChI is InChI=1S/Li.Mn.2NO3.H/c;;2*2-1(3)4;/q+1;+2;3*-1. The summed E-state index contributed by atoms with van der Waals surface area (Å²) in [6.07, 6.45) is 0. The fourth-order valence-corrected chi connectivity index (χ4v) is 0. The van der Waals surface area contributed by atoms with Gasteiger partial charge in [0, 0.05) is 0 Å². The van der Waals surface area contributed by atoms with Crippen LogP contribution in [0.2, 0.25) is 0 Å². The molecule has 10 heavy (non-hydrogen) atoms. The molecule has 0 saturated carbocycles. The maximum atomic E-state index is 8.25. The quantitative estimate of drug-likeness (QED) is 0.221. The number of rotatable bonds is 0. The molecule has 0 rings (SSSR count). The molecule has 0 aliphatic heterocycles. The van der Waals surface area contributed by atoms with Crippen LogP contribution in [0.15, 0.2) is 0 Å². The van der Waals surface area contributed by atoms with Crippen LogP contribution < -0.4 is 18.9 Å². The zero-order valence-corrected chi connectivity index (χ0v) is 5.90. The third-order valence-electron chi connectivity index (χ3n) is 0. The predicted molar refractivity (Wildman–Crippen MR) is 21.8 cm³/mol. The van der Waals surface area contributed by atoms with Gasteiger partial charge in [-0.3, -0.25) is 0 Å². The number of hydrogen-bond acceptors (Lipinski definition) is 6. The van der Waals surface area contributed by atoms with Gasteiger partial charge in [-0.05, 0) is 0 Å². The first-order chi connectivity index (χ1) is 3.46. The number of nitrogens with zero attached hydrogens (tertiary/aromatic N) is 2. The Labute approximate surface area is 78.6 Å². The Morgan fingerprint density at radius 1 is 0.900 bits per heavy atom. The van der Waals surface area contributed by atoms with Crippen molar-refractivity contribution in [2.45, 2.75) is 0 Å². The van der Waals surface area contributed by atoms with Gasteiger partial charge in [-0.25, -0.2) is 0 Å². The van der Waals surface area contributed by atoms with Gasteiger partial charge in [-0.1, -0.05) is 0 Å². The van der Waals surface area contributed by atoms with Crippen molar-refractivity contribution in [2.24, 2.45) is 0 Å². The molecule has 0 unspecified atom stereocenters. The molecule has 0 aromatic heterocycles. The fraction of sp³-hybridized carbons (Fsp3) is 0. The second-order valence-corrected chi connectivity index (χ2v) is 0.447. The van der Waals surface area contributed by atoms with Crippen LogP contribution in [0.5, 0.6) is 0 Å². The van der Waals surface area contributed by atoms with Crippen LogP contribution in [0.25, 0.3) is 0 Å². The zero-order valence-electron chi connectivity index (χ0n) is 5.72. The predicted octanol–water partition coefficient (Wildman–Crippen LogP) is -3.36. The smallest absolute Gasteiger partial charge is 1.00 e. The molecule has 0 atom stereocenters. The van der Waals surface area contributed by atoms with Gasteiger partial charge in [0.25, 0.3) is 0 Å². The molecule has 0 heterocycles. The van der Waals surface area contributed by atoms with E-state index < -0.39 is 10.2 Å². The number of hydrogen-bond donors (Lipinski definition) is 0. The molecule has 0 aromatic rings. The van der Waals surface area contributed by atoms with Gasteiger partial charge in [0.05, 0.1) is 10.2 Å². The Balaban J connectivity index is -0.0000000171. The van der Waals surface area contributed by atoms with E-state index in [0.717, 1.165) is 0 Å². The van der Waals surface area contributed by atoms with Crippen LogP contribution in [0.4, 0.5) is 0 Å². The Morgan fingerprint density at radius 3 is 0.900 bits per heavy atom. The normalized spacial score (nSPS) is 4.80. The van der Waals surface area contributed by atoms with Gasteiger partial charge in [-0.2, -0.15) is 0 Å². The maximum absolute atomic E-state index is 8.25. The van der Waals surface area contributed by atoms with E-state index in [1.54, 1.807) is 0 Å². The van der Waals surface area contributed by atoms with Gasteiger partial charge in [-0.15, -0.1) is 0 Å². The zero-order chi connectivity index (χ0) is 7.15. The third kappa shape index (κ3) is 1370. The summed E-state index contributed by atoms with van der Waals surface area (Å²) in [6, 6.07) is 0. The largest absolute Gasteiger partial charge is 2.00 e. The van der Waals surface area contributed by atoms with Crippen molar-refractivity contribution in [3.63, 3.8) is 0 Å². The van der Waals surface area contributed by atoms with Gasteiger partial charge in [0.2, 0.25) is 0 Å². The van der Waals surface area contributed by atoms with Crippen LogP contribution in [-0.4, -0.2) is 10.2 Å². The van der Waals surface area contributed by atoms with Crippen LogP contribution >= 0.6 is 0 Å². The average Bonchev–Trinajstić information content (AvgIpc) is 1.25. The molecule has 0 N–H and O–H groups in total. The maximum Gasteiger partial charge on any atom is 2.00 e. The molecule has 8 nitrogen and oxygen atoms in total. The van der Waals surface area contributed by atoms with E-state index in [0.29, 0.717) is 0 Å². The van der Waals surface area contributed by atoms with E-state index in [-0.39, 0.29) is 37.4 Å². The van der Waals surface area contributed by atoms with Crippen LogP contribution in [-0.2, 0) is 17.1 Å². The monoisotopic (exact) mass is 187 g/mol. The van der Waals surface area contributed by atoms with E-state index in [1.807, 2.05) is 0 Å². The molecule has 0 bridgehead atoms. The summed E-state index contributed by atoms with van der Waals surface area (Å²) in [7, 11) is 0. The first-order valence-electron chi connectivity index (χ1n) is 1.10. The van der Waals surface area contributed by atoms with Crippen LogP contribution in [0, 0.1) is 30.6 Å². The average molecular weight is 187 g/mol. The second-order valence-electron chi connectivity index (χ2n) is 0.447. The Bertz CT molecular complexity index is 78.6. The third-order valence-corrected chi connectivity index (χ3v) is 0. The molecule has 0 amide bonds. The van der Waals surface area contributed by atoms with Crippen LogP contribution in [0.1, 0.15) is 1.43 Å². The Kier molecular flexibility index (Phi) is 35.9. The van der Waals surface area contributed by atoms with E-state index in [1.165, 1.54) is 0 Å². The minimum Gasteiger partial charge on any atom is -1.00 e. The van der Waals surface area contributed by atoms with Crippen molar-refractivity contribution in [2.75, 3.05) is 0 Å². The summed E-state index contributed by atoms with van der Waals surface area (Å²) in [5.74, 6) is 0.